The van der Waals surface area contributed by atoms with Crippen molar-refractivity contribution in [3.8, 4) is 0 Å². The van der Waals surface area contributed by atoms with E-state index in [9.17, 15) is 10.1 Å². The Labute approximate surface area is 89.3 Å². The largest absolute Gasteiger partial charge is 0.433 e. The molecule has 1 atom stereocenters. The van der Waals surface area contributed by atoms with Crippen molar-refractivity contribution in [2.45, 2.75) is 6.04 Å². The molecule has 2 N–H and O–H groups in total. The lowest BCUT2D eigenvalue weighted by atomic mass is 10.2. The second-order valence-corrected chi connectivity index (χ2v) is 3.91. The van der Waals surface area contributed by atoms with Gasteiger partial charge in [-0.05, 0) is 17.5 Å². The Morgan fingerprint density at radius 2 is 2.27 bits per heavy atom. The molecule has 6 heteroatoms. The van der Waals surface area contributed by atoms with Crippen LogP contribution < -0.4 is 5.73 Å². The summed E-state index contributed by atoms with van der Waals surface area (Å²) in [4.78, 5) is 10.7. The molecule has 0 aliphatic heterocycles. The standard InChI is InChI=1S/C9H8N2O3S/c10-9(7-2-1-5-15-7)6-3-4-8(14-6)11(12)13/h1-5,9H,10H2/t9-/m1/s1. The van der Waals surface area contributed by atoms with Crippen LogP contribution in [0.2, 0.25) is 0 Å². The zero-order valence-electron chi connectivity index (χ0n) is 7.62. The number of hydrogen-bond donors (Lipinski definition) is 1. The Balaban J connectivity index is 2.26. The maximum Gasteiger partial charge on any atom is 0.433 e. The molecule has 0 radical (unpaired) electrons. The summed E-state index contributed by atoms with van der Waals surface area (Å²) in [6.07, 6.45) is 0. The van der Waals surface area contributed by atoms with E-state index in [-0.39, 0.29) is 5.88 Å². The summed E-state index contributed by atoms with van der Waals surface area (Å²) in [7, 11) is 0. The van der Waals surface area contributed by atoms with Crippen LogP contribution in [0.5, 0.6) is 0 Å². The Kier molecular flexibility index (Phi) is 2.53. The summed E-state index contributed by atoms with van der Waals surface area (Å²) in [6.45, 7) is 0. The van der Waals surface area contributed by atoms with E-state index in [1.54, 1.807) is 0 Å². The molecule has 0 saturated heterocycles. The van der Waals surface area contributed by atoms with Crippen LogP contribution >= 0.6 is 11.3 Å². The highest BCUT2D eigenvalue weighted by Crippen LogP contribution is 2.27. The lowest BCUT2D eigenvalue weighted by Crippen LogP contribution is -2.08. The van der Waals surface area contributed by atoms with Gasteiger partial charge in [0.05, 0.1) is 12.1 Å². The molecular formula is C9H8N2O3S. The van der Waals surface area contributed by atoms with Crippen molar-refractivity contribution in [3.63, 3.8) is 0 Å². The van der Waals surface area contributed by atoms with Crippen LogP contribution in [0.4, 0.5) is 5.88 Å². The normalized spacial score (nSPS) is 12.6. The average molecular weight is 224 g/mol. The van der Waals surface area contributed by atoms with E-state index in [0.29, 0.717) is 5.76 Å². The van der Waals surface area contributed by atoms with Crippen molar-refractivity contribution in [3.05, 3.63) is 50.4 Å². The van der Waals surface area contributed by atoms with Crippen molar-refractivity contribution in [2.75, 3.05) is 0 Å². The summed E-state index contributed by atoms with van der Waals surface area (Å²) in [5.74, 6) is 0.126. The zero-order valence-corrected chi connectivity index (χ0v) is 8.44. The molecule has 0 unspecified atom stereocenters. The summed E-state index contributed by atoms with van der Waals surface area (Å²) in [5, 5.41) is 12.3. The van der Waals surface area contributed by atoms with E-state index >= 15 is 0 Å². The van der Waals surface area contributed by atoms with Gasteiger partial charge in [0.2, 0.25) is 0 Å². The minimum Gasteiger partial charge on any atom is -0.404 e. The molecule has 0 spiro atoms. The minimum absolute atomic E-state index is 0.281. The molecule has 2 aromatic heterocycles. The molecule has 0 fully saturated rings. The Morgan fingerprint density at radius 3 is 2.80 bits per heavy atom. The number of thiophene rings is 1. The van der Waals surface area contributed by atoms with Gasteiger partial charge in [0.25, 0.3) is 0 Å². The fraction of sp³-hybridized carbons (Fsp3) is 0.111. The Bertz CT molecular complexity index is 463. The smallest absolute Gasteiger partial charge is 0.404 e. The molecule has 15 heavy (non-hydrogen) atoms. The average Bonchev–Trinajstić information content (AvgIpc) is 2.88. The predicted octanol–water partition coefficient (Wildman–Crippen LogP) is 2.30. The quantitative estimate of drug-likeness (QED) is 0.640. The van der Waals surface area contributed by atoms with Crippen LogP contribution in [0.3, 0.4) is 0 Å². The van der Waals surface area contributed by atoms with Crippen molar-refractivity contribution in [1.82, 2.24) is 0 Å². The van der Waals surface area contributed by atoms with Gasteiger partial charge in [-0.2, -0.15) is 0 Å². The maximum absolute atomic E-state index is 10.4. The number of rotatable bonds is 3. The van der Waals surface area contributed by atoms with Gasteiger partial charge in [-0.3, -0.25) is 10.1 Å². The molecule has 0 amide bonds. The molecule has 5 nitrogen and oxygen atoms in total. The minimum atomic E-state index is -0.579. The predicted molar refractivity (Wildman–Crippen MR) is 55.7 cm³/mol. The zero-order chi connectivity index (χ0) is 10.8. The van der Waals surface area contributed by atoms with Gasteiger partial charge in [0.1, 0.15) is 10.7 Å². The van der Waals surface area contributed by atoms with Crippen LogP contribution in [-0.4, -0.2) is 4.92 Å². The molecular weight excluding hydrogens is 216 g/mol. The van der Waals surface area contributed by atoms with E-state index in [1.165, 1.54) is 23.5 Å². The summed E-state index contributed by atoms with van der Waals surface area (Å²) < 4.78 is 5.01. The lowest BCUT2D eigenvalue weighted by Gasteiger charge is -2.03. The third-order valence-electron chi connectivity index (χ3n) is 1.95. The molecule has 2 aromatic rings. The third kappa shape index (κ3) is 1.90. The summed E-state index contributed by atoms with van der Waals surface area (Å²) in [6, 6.07) is 6.14. The third-order valence-corrected chi connectivity index (χ3v) is 2.90. The summed E-state index contributed by atoms with van der Waals surface area (Å²) in [5.41, 5.74) is 5.87. The molecule has 0 aromatic carbocycles. The highest BCUT2D eigenvalue weighted by Gasteiger charge is 2.18. The van der Waals surface area contributed by atoms with Gasteiger partial charge in [-0.15, -0.1) is 11.3 Å². The van der Waals surface area contributed by atoms with Gasteiger partial charge in [0, 0.05) is 4.88 Å². The maximum atomic E-state index is 10.4. The molecule has 0 aliphatic rings. The molecule has 0 bridgehead atoms. The molecule has 78 valence electrons. The number of nitrogens with two attached hydrogens (primary N) is 1. The first-order chi connectivity index (χ1) is 7.18. The lowest BCUT2D eigenvalue weighted by molar-refractivity contribution is -0.402. The van der Waals surface area contributed by atoms with Gasteiger partial charge in [-0.25, -0.2) is 0 Å². The van der Waals surface area contributed by atoms with Crippen LogP contribution in [0.15, 0.2) is 34.1 Å². The first kappa shape index (κ1) is 9.88. The monoisotopic (exact) mass is 224 g/mol. The number of nitrogens with zero attached hydrogens (tertiary/aromatic N) is 1. The SMILES string of the molecule is N[C@H](c1ccc([N+](=O)[O-])o1)c1cccs1. The first-order valence-electron chi connectivity index (χ1n) is 4.21. The van der Waals surface area contributed by atoms with Gasteiger partial charge in [0.15, 0.2) is 0 Å². The van der Waals surface area contributed by atoms with Crippen LogP contribution in [0.25, 0.3) is 0 Å². The van der Waals surface area contributed by atoms with E-state index in [4.69, 9.17) is 10.2 Å². The summed E-state index contributed by atoms with van der Waals surface area (Å²) >= 11 is 1.49. The van der Waals surface area contributed by atoms with Gasteiger partial charge in [-0.1, -0.05) is 6.07 Å². The molecule has 2 rings (SSSR count). The second-order valence-electron chi connectivity index (χ2n) is 2.93. The van der Waals surface area contributed by atoms with Crippen molar-refractivity contribution in [2.24, 2.45) is 5.73 Å². The van der Waals surface area contributed by atoms with E-state index in [0.717, 1.165) is 4.88 Å². The van der Waals surface area contributed by atoms with Gasteiger partial charge >= 0.3 is 5.88 Å². The van der Waals surface area contributed by atoms with E-state index in [2.05, 4.69) is 0 Å². The molecule has 0 aliphatic carbocycles. The fourth-order valence-corrected chi connectivity index (χ4v) is 1.95. The Hall–Kier alpha value is -1.66. The fourth-order valence-electron chi connectivity index (χ4n) is 1.22. The first-order valence-corrected chi connectivity index (χ1v) is 5.09. The van der Waals surface area contributed by atoms with Crippen LogP contribution in [0.1, 0.15) is 16.7 Å². The molecule has 2 heterocycles. The topological polar surface area (TPSA) is 82.3 Å². The number of nitro groups is 1. The van der Waals surface area contributed by atoms with Crippen molar-refractivity contribution < 1.29 is 9.34 Å². The molecule has 0 saturated carbocycles. The highest BCUT2D eigenvalue weighted by atomic mass is 32.1. The number of furan rings is 1. The van der Waals surface area contributed by atoms with Crippen molar-refractivity contribution in [1.29, 1.82) is 0 Å². The van der Waals surface area contributed by atoms with E-state index in [1.807, 2.05) is 17.5 Å². The highest BCUT2D eigenvalue weighted by molar-refractivity contribution is 7.10. The number of hydrogen-bond acceptors (Lipinski definition) is 5. The van der Waals surface area contributed by atoms with Crippen molar-refractivity contribution >= 4 is 17.2 Å². The van der Waals surface area contributed by atoms with Crippen LogP contribution in [0, 0.1) is 10.1 Å². The second kappa shape index (κ2) is 3.84. The van der Waals surface area contributed by atoms with Crippen LogP contribution in [-0.2, 0) is 0 Å². The van der Waals surface area contributed by atoms with E-state index < -0.39 is 11.0 Å². The Morgan fingerprint density at radius 1 is 1.47 bits per heavy atom. The van der Waals surface area contributed by atoms with Gasteiger partial charge < -0.3 is 10.2 Å².